The highest BCUT2D eigenvalue weighted by Crippen LogP contribution is 2.27. The summed E-state index contributed by atoms with van der Waals surface area (Å²) in [5, 5.41) is 3.21. The molecule has 1 aromatic rings. The smallest absolute Gasteiger partial charge is 0.228 e. The summed E-state index contributed by atoms with van der Waals surface area (Å²) in [6.45, 7) is 3.58. The fourth-order valence-electron chi connectivity index (χ4n) is 1.24. The van der Waals surface area contributed by atoms with Gasteiger partial charge in [-0.3, -0.25) is 4.79 Å². The van der Waals surface area contributed by atoms with Crippen LogP contribution in [0.5, 0.6) is 5.75 Å². The topological polar surface area (TPSA) is 64.3 Å². The van der Waals surface area contributed by atoms with Gasteiger partial charge in [-0.25, -0.2) is 0 Å². The number of halogens is 1. The number of nitrogens with one attached hydrogen (secondary N) is 1. The molecule has 4 nitrogen and oxygen atoms in total. The first-order chi connectivity index (χ1) is 7.95. The number of anilines is 1. The molecule has 17 heavy (non-hydrogen) atoms. The maximum atomic E-state index is 11.8. The van der Waals surface area contributed by atoms with E-state index in [1.165, 1.54) is 7.11 Å². The van der Waals surface area contributed by atoms with Gasteiger partial charge in [0.1, 0.15) is 5.75 Å². The minimum atomic E-state index is -0.254. The van der Waals surface area contributed by atoms with Crippen LogP contribution >= 0.6 is 11.6 Å². The number of methoxy groups -OCH3 is 1. The first kappa shape index (κ1) is 13.8. The molecule has 3 N–H and O–H groups in total. The Morgan fingerprint density at radius 2 is 2.12 bits per heavy atom. The van der Waals surface area contributed by atoms with Crippen LogP contribution in [0.2, 0.25) is 5.02 Å². The fourth-order valence-corrected chi connectivity index (χ4v) is 1.50. The van der Waals surface area contributed by atoms with Crippen molar-refractivity contribution in [3.8, 4) is 5.75 Å². The molecule has 0 aliphatic rings. The minimum absolute atomic E-state index is 0.124. The zero-order valence-corrected chi connectivity index (χ0v) is 10.9. The van der Waals surface area contributed by atoms with E-state index in [0.29, 0.717) is 16.5 Å². The van der Waals surface area contributed by atoms with E-state index >= 15 is 0 Å². The van der Waals surface area contributed by atoms with Crippen LogP contribution in [0, 0.1) is 5.92 Å². The summed E-state index contributed by atoms with van der Waals surface area (Å²) < 4.78 is 5.03. The second kappa shape index (κ2) is 5.89. The highest BCUT2D eigenvalue weighted by molar-refractivity contribution is 6.32. The average Bonchev–Trinajstić information content (AvgIpc) is 2.28. The lowest BCUT2D eigenvalue weighted by molar-refractivity contribution is -0.119. The van der Waals surface area contributed by atoms with Gasteiger partial charge in [-0.1, -0.05) is 18.5 Å². The van der Waals surface area contributed by atoms with Crippen LogP contribution in [0.4, 0.5) is 5.69 Å². The molecule has 0 aliphatic carbocycles. The summed E-state index contributed by atoms with van der Waals surface area (Å²) in [4.78, 5) is 11.8. The van der Waals surface area contributed by atoms with E-state index in [-0.39, 0.29) is 17.9 Å². The molecule has 1 aromatic carbocycles. The fraction of sp³-hybridized carbons (Fsp3) is 0.417. The molecule has 0 aliphatic heterocycles. The van der Waals surface area contributed by atoms with Crippen LogP contribution in [-0.2, 0) is 4.79 Å². The van der Waals surface area contributed by atoms with Gasteiger partial charge in [0.15, 0.2) is 0 Å². The van der Waals surface area contributed by atoms with E-state index in [2.05, 4.69) is 5.32 Å². The van der Waals surface area contributed by atoms with Crippen molar-refractivity contribution in [2.75, 3.05) is 12.4 Å². The van der Waals surface area contributed by atoms with Crippen molar-refractivity contribution >= 4 is 23.2 Å². The number of amides is 1. The summed E-state index contributed by atoms with van der Waals surface area (Å²) in [5.74, 6) is 0.196. The van der Waals surface area contributed by atoms with Crippen LogP contribution in [0.25, 0.3) is 0 Å². The van der Waals surface area contributed by atoms with Gasteiger partial charge in [-0.2, -0.15) is 0 Å². The van der Waals surface area contributed by atoms with Gasteiger partial charge in [0.05, 0.1) is 18.1 Å². The molecule has 1 rings (SSSR count). The van der Waals surface area contributed by atoms with Crippen molar-refractivity contribution in [2.24, 2.45) is 11.7 Å². The van der Waals surface area contributed by atoms with E-state index in [9.17, 15) is 4.79 Å². The second-order valence-electron chi connectivity index (χ2n) is 3.99. The summed E-state index contributed by atoms with van der Waals surface area (Å²) in [5.41, 5.74) is 6.29. The highest BCUT2D eigenvalue weighted by atomic mass is 35.5. The highest BCUT2D eigenvalue weighted by Gasteiger charge is 2.17. The van der Waals surface area contributed by atoms with E-state index in [1.807, 2.05) is 0 Å². The molecular formula is C12H17ClN2O2. The zero-order chi connectivity index (χ0) is 13.0. The lowest BCUT2D eigenvalue weighted by Crippen LogP contribution is -2.34. The van der Waals surface area contributed by atoms with Crippen LogP contribution in [-0.4, -0.2) is 19.1 Å². The Labute approximate surface area is 106 Å². The predicted octanol–water partition coefficient (Wildman–Crippen LogP) is 2.27. The molecule has 0 heterocycles. The number of hydrogen-bond donors (Lipinski definition) is 2. The summed E-state index contributed by atoms with van der Waals surface area (Å²) >= 11 is 5.95. The number of ether oxygens (including phenoxy) is 1. The van der Waals surface area contributed by atoms with Crippen molar-refractivity contribution in [1.29, 1.82) is 0 Å². The van der Waals surface area contributed by atoms with Crippen LogP contribution < -0.4 is 15.8 Å². The van der Waals surface area contributed by atoms with Crippen LogP contribution in [0.15, 0.2) is 18.2 Å². The lowest BCUT2D eigenvalue weighted by atomic mass is 10.0. The average molecular weight is 257 g/mol. The SMILES string of the molecule is COc1ccc(NC(=O)C(C)C(C)N)cc1Cl. The van der Waals surface area contributed by atoms with E-state index in [1.54, 1.807) is 32.0 Å². The molecule has 94 valence electrons. The first-order valence-corrected chi connectivity index (χ1v) is 5.73. The Balaban J connectivity index is 2.76. The standard InChI is InChI=1S/C12H17ClN2O2/c1-7(8(2)14)12(16)15-9-4-5-11(17-3)10(13)6-9/h4-8H,14H2,1-3H3,(H,15,16). The van der Waals surface area contributed by atoms with Gasteiger partial charge in [-0.05, 0) is 25.1 Å². The summed E-state index contributed by atoms with van der Waals surface area (Å²) in [6, 6.07) is 4.89. The number of rotatable bonds is 4. The lowest BCUT2D eigenvalue weighted by Gasteiger charge is -2.15. The molecule has 2 unspecified atom stereocenters. The molecule has 2 atom stereocenters. The Bertz CT molecular complexity index is 407. The largest absolute Gasteiger partial charge is 0.495 e. The Morgan fingerprint density at radius 3 is 2.59 bits per heavy atom. The van der Waals surface area contributed by atoms with Crippen molar-refractivity contribution < 1.29 is 9.53 Å². The zero-order valence-electron chi connectivity index (χ0n) is 10.2. The molecule has 5 heteroatoms. The Kier molecular flexibility index (Phi) is 4.78. The molecular weight excluding hydrogens is 240 g/mol. The van der Waals surface area contributed by atoms with E-state index in [4.69, 9.17) is 22.1 Å². The molecule has 0 bridgehead atoms. The third-order valence-corrected chi connectivity index (χ3v) is 2.92. The van der Waals surface area contributed by atoms with Gasteiger partial charge in [0.2, 0.25) is 5.91 Å². The normalized spacial score (nSPS) is 13.9. The van der Waals surface area contributed by atoms with E-state index < -0.39 is 0 Å². The van der Waals surface area contributed by atoms with Crippen molar-refractivity contribution in [1.82, 2.24) is 0 Å². The Hall–Kier alpha value is -1.26. The third-order valence-electron chi connectivity index (χ3n) is 2.62. The minimum Gasteiger partial charge on any atom is -0.495 e. The van der Waals surface area contributed by atoms with Crippen molar-refractivity contribution in [3.63, 3.8) is 0 Å². The molecule has 1 amide bonds. The van der Waals surface area contributed by atoms with Gasteiger partial charge >= 0.3 is 0 Å². The summed E-state index contributed by atoms with van der Waals surface area (Å²) in [6.07, 6.45) is 0. The molecule has 0 spiro atoms. The van der Waals surface area contributed by atoms with Crippen molar-refractivity contribution in [2.45, 2.75) is 19.9 Å². The van der Waals surface area contributed by atoms with Crippen LogP contribution in [0.1, 0.15) is 13.8 Å². The number of nitrogens with two attached hydrogens (primary N) is 1. The summed E-state index contributed by atoms with van der Waals surface area (Å²) in [7, 11) is 1.54. The second-order valence-corrected chi connectivity index (χ2v) is 4.39. The maximum Gasteiger partial charge on any atom is 0.228 e. The number of carbonyl (C=O) groups is 1. The number of carbonyl (C=O) groups excluding carboxylic acids is 1. The van der Waals surface area contributed by atoms with Crippen molar-refractivity contribution in [3.05, 3.63) is 23.2 Å². The van der Waals surface area contributed by atoms with Gasteiger partial charge < -0.3 is 15.8 Å². The molecule has 0 saturated heterocycles. The maximum absolute atomic E-state index is 11.8. The first-order valence-electron chi connectivity index (χ1n) is 5.35. The number of hydrogen-bond acceptors (Lipinski definition) is 3. The van der Waals surface area contributed by atoms with Gasteiger partial charge in [0, 0.05) is 11.7 Å². The molecule has 0 aromatic heterocycles. The third kappa shape index (κ3) is 3.61. The molecule has 0 saturated carbocycles. The molecule has 0 fully saturated rings. The predicted molar refractivity (Wildman–Crippen MR) is 69.4 cm³/mol. The van der Waals surface area contributed by atoms with Gasteiger partial charge in [-0.15, -0.1) is 0 Å². The van der Waals surface area contributed by atoms with Crippen LogP contribution in [0.3, 0.4) is 0 Å². The number of benzene rings is 1. The monoisotopic (exact) mass is 256 g/mol. The molecule has 0 radical (unpaired) electrons. The van der Waals surface area contributed by atoms with Gasteiger partial charge in [0.25, 0.3) is 0 Å². The quantitative estimate of drug-likeness (QED) is 0.869. The Morgan fingerprint density at radius 1 is 1.47 bits per heavy atom. The van der Waals surface area contributed by atoms with E-state index in [0.717, 1.165) is 0 Å².